The summed E-state index contributed by atoms with van der Waals surface area (Å²) in [6.45, 7) is 14.2. The smallest absolute Gasteiger partial charge is 0.261 e. The minimum Gasteiger partial charge on any atom is -0.543 e. The van der Waals surface area contributed by atoms with Gasteiger partial charge in [0, 0.05) is 31.1 Å². The molecule has 3 atom stereocenters. The summed E-state index contributed by atoms with van der Waals surface area (Å²) in [5.41, 5.74) is 1.65. The third-order valence-corrected chi connectivity index (χ3v) is 12.7. The Morgan fingerprint density at radius 2 is 1.47 bits per heavy atom. The molecule has 198 valence electrons. The molecule has 0 radical (unpaired) electrons. The van der Waals surface area contributed by atoms with E-state index in [4.69, 9.17) is 18.6 Å². The van der Waals surface area contributed by atoms with Crippen molar-refractivity contribution in [3.8, 4) is 0 Å². The summed E-state index contributed by atoms with van der Waals surface area (Å²) in [5, 5.41) is 2.40. The molecule has 1 saturated heterocycles. The molecule has 0 aromatic heterocycles. The van der Waals surface area contributed by atoms with Crippen molar-refractivity contribution in [1.82, 2.24) is 0 Å². The average Bonchev–Trinajstić information content (AvgIpc) is 3.38. The van der Waals surface area contributed by atoms with Crippen LogP contribution in [0.2, 0.25) is 5.04 Å². The first-order chi connectivity index (χ1) is 17.9. The van der Waals surface area contributed by atoms with Gasteiger partial charge in [-0.05, 0) is 27.4 Å². The van der Waals surface area contributed by atoms with Crippen LogP contribution in [0.25, 0.3) is 0 Å². The normalized spacial score (nSPS) is 22.9. The van der Waals surface area contributed by atoms with E-state index in [0.717, 1.165) is 17.6 Å². The maximum absolute atomic E-state index is 7.26. The quantitative estimate of drug-likeness (QED) is 0.0886. The Morgan fingerprint density at radius 1 is 0.921 bits per heavy atom. The van der Waals surface area contributed by atoms with E-state index in [2.05, 4.69) is 100 Å². The van der Waals surface area contributed by atoms with Crippen molar-refractivity contribution < 1.29 is 49.7 Å². The summed E-state index contributed by atoms with van der Waals surface area (Å²) in [6.07, 6.45) is 0.532. The molecular weight excluding hydrogens is 714 g/mol. The standard InChI is InChI=1S/C32H37O4Si.U/c1-25-20-32(30(29(25)22-35-32)34-24-33-21-26-14-8-5-9-15-26)23-36-37(31(2,3)4,27-16-10-6-11-17-27)28-18-12-7-13-19-28;/h5-19,22,29-30H,1,20-21,23-24H2,2-4H3;/q-1;. The van der Waals surface area contributed by atoms with Crippen LogP contribution in [-0.2, 0) is 25.2 Å². The molecule has 1 aliphatic heterocycles. The van der Waals surface area contributed by atoms with E-state index in [1.165, 1.54) is 10.4 Å². The third kappa shape index (κ3) is 5.69. The van der Waals surface area contributed by atoms with E-state index in [1.54, 1.807) is 0 Å². The Bertz CT molecular complexity index is 1140. The van der Waals surface area contributed by atoms with Gasteiger partial charge in [-0.15, -0.1) is 6.58 Å². The largest absolute Gasteiger partial charge is 0.543 e. The Balaban J connectivity index is 0.00000336. The first kappa shape index (κ1) is 29.5. The second kappa shape index (κ2) is 12.4. The minimum absolute atomic E-state index is 0. The molecule has 6 heteroatoms. The van der Waals surface area contributed by atoms with Crippen LogP contribution in [-0.4, -0.2) is 33.4 Å². The van der Waals surface area contributed by atoms with Gasteiger partial charge in [0.25, 0.3) is 8.32 Å². The molecule has 38 heavy (non-hydrogen) atoms. The Labute approximate surface area is 252 Å². The Morgan fingerprint density at radius 3 is 2.00 bits per heavy atom. The van der Waals surface area contributed by atoms with Gasteiger partial charge in [0.05, 0.1) is 24.9 Å². The molecule has 4 nitrogen and oxygen atoms in total. The zero-order valence-corrected chi connectivity index (χ0v) is 27.7. The number of hydrogen-bond acceptors (Lipinski definition) is 4. The van der Waals surface area contributed by atoms with Crippen LogP contribution in [0, 0.1) is 43.6 Å². The molecule has 3 aromatic carbocycles. The number of benzene rings is 3. The maximum Gasteiger partial charge on any atom is 0.261 e. The second-order valence-electron chi connectivity index (χ2n) is 11.2. The topological polar surface area (TPSA) is 36.9 Å². The van der Waals surface area contributed by atoms with Crippen LogP contribution < -0.4 is 10.4 Å². The third-order valence-electron chi connectivity index (χ3n) is 7.68. The molecule has 3 unspecified atom stereocenters. The number of hydrogen-bond donors (Lipinski definition) is 0. The van der Waals surface area contributed by atoms with Crippen LogP contribution in [0.1, 0.15) is 32.8 Å². The van der Waals surface area contributed by atoms with E-state index in [9.17, 15) is 0 Å². The molecule has 1 heterocycles. The van der Waals surface area contributed by atoms with Crippen molar-refractivity contribution in [2.24, 2.45) is 5.92 Å². The molecule has 1 aliphatic carbocycles. The predicted octanol–water partition coefficient (Wildman–Crippen LogP) is 5.63. The van der Waals surface area contributed by atoms with Gasteiger partial charge in [0.1, 0.15) is 6.79 Å². The van der Waals surface area contributed by atoms with Crippen molar-refractivity contribution >= 4 is 18.7 Å². The van der Waals surface area contributed by atoms with Crippen molar-refractivity contribution in [1.29, 1.82) is 0 Å². The molecule has 0 amide bonds. The maximum atomic E-state index is 7.26. The molecule has 0 spiro atoms. The minimum atomic E-state index is -2.71. The Hall–Kier alpha value is -1.49. The van der Waals surface area contributed by atoms with Crippen molar-refractivity contribution in [2.75, 3.05) is 13.4 Å². The fourth-order valence-electron chi connectivity index (χ4n) is 5.90. The van der Waals surface area contributed by atoms with Crippen molar-refractivity contribution in [3.63, 3.8) is 0 Å². The van der Waals surface area contributed by atoms with Gasteiger partial charge in [0.15, 0.2) is 0 Å². The second-order valence-corrected chi connectivity index (χ2v) is 15.5. The Kier molecular flexibility index (Phi) is 9.59. The number of ether oxygens (including phenoxy) is 3. The van der Waals surface area contributed by atoms with Crippen LogP contribution in [0.4, 0.5) is 0 Å². The SMILES string of the molecule is C=C1CC2(CO[Si](c3ccccc3)(c3ccccc3)C(C)(C)C)O[CH-]C1C2OCOCc1ccccc1.[U]. The fourth-order valence-corrected chi connectivity index (χ4v) is 10.5. The van der Waals surface area contributed by atoms with Crippen LogP contribution in [0.5, 0.6) is 0 Å². The van der Waals surface area contributed by atoms with E-state index < -0.39 is 13.9 Å². The molecular formula is C32H37O4SiU-. The molecule has 1 saturated carbocycles. The van der Waals surface area contributed by atoms with Crippen LogP contribution in [0.15, 0.2) is 103 Å². The zero-order chi connectivity index (χ0) is 25.9. The van der Waals surface area contributed by atoms with Gasteiger partial charge in [-0.25, -0.2) is 6.61 Å². The van der Waals surface area contributed by atoms with Gasteiger partial charge < -0.3 is 18.6 Å². The van der Waals surface area contributed by atoms with E-state index in [-0.39, 0.29) is 55.0 Å². The monoisotopic (exact) mass is 751 g/mol. The van der Waals surface area contributed by atoms with Gasteiger partial charge >= 0.3 is 0 Å². The number of fused-ring (bicyclic) bond motifs is 2. The fraction of sp³-hybridized carbons (Fsp3) is 0.344. The molecule has 2 bridgehead atoms. The molecule has 3 aromatic rings. The molecule has 0 N–H and O–H groups in total. The first-order valence-electron chi connectivity index (χ1n) is 13.0. The molecule has 5 rings (SSSR count). The van der Waals surface area contributed by atoms with Crippen molar-refractivity contribution in [2.45, 2.75) is 50.5 Å². The molecule has 2 fully saturated rings. The number of rotatable bonds is 10. The zero-order valence-electron chi connectivity index (χ0n) is 22.6. The van der Waals surface area contributed by atoms with Gasteiger partial charge in [-0.2, -0.15) is 0 Å². The summed E-state index contributed by atoms with van der Waals surface area (Å²) in [4.78, 5) is 0. The van der Waals surface area contributed by atoms with E-state index >= 15 is 0 Å². The summed E-state index contributed by atoms with van der Waals surface area (Å²) in [5.74, 6) is 0.0445. The average molecular weight is 752 g/mol. The predicted molar refractivity (Wildman–Crippen MR) is 150 cm³/mol. The summed E-state index contributed by atoms with van der Waals surface area (Å²) >= 11 is 0. The van der Waals surface area contributed by atoms with E-state index in [1.807, 2.05) is 24.8 Å². The van der Waals surface area contributed by atoms with Crippen molar-refractivity contribution in [3.05, 3.63) is 115 Å². The van der Waals surface area contributed by atoms with E-state index in [0.29, 0.717) is 13.2 Å². The van der Waals surface area contributed by atoms with Gasteiger partial charge in [-0.3, -0.25) is 0 Å². The van der Waals surface area contributed by atoms with Gasteiger partial charge in [-0.1, -0.05) is 123 Å². The summed E-state index contributed by atoms with van der Waals surface area (Å²) in [7, 11) is -2.71. The van der Waals surface area contributed by atoms with Crippen LogP contribution >= 0.6 is 0 Å². The summed E-state index contributed by atoms with van der Waals surface area (Å²) < 4.78 is 25.8. The molecule has 2 aliphatic rings. The van der Waals surface area contributed by atoms with Crippen LogP contribution in [0.3, 0.4) is 0 Å². The summed E-state index contributed by atoms with van der Waals surface area (Å²) in [6, 6.07) is 31.6. The first-order valence-corrected chi connectivity index (χ1v) is 14.9. The van der Waals surface area contributed by atoms with Gasteiger partial charge in [0.2, 0.25) is 0 Å².